The molecule has 0 atom stereocenters. The van der Waals surface area contributed by atoms with Crippen molar-refractivity contribution in [3.63, 3.8) is 0 Å². The maximum Gasteiger partial charge on any atom is 0.182 e. The van der Waals surface area contributed by atoms with Gasteiger partial charge in [0.25, 0.3) is 0 Å². The first-order valence-corrected chi connectivity index (χ1v) is 5.81. The van der Waals surface area contributed by atoms with Gasteiger partial charge in [-0.15, -0.1) is 10.2 Å². The second-order valence-corrected chi connectivity index (χ2v) is 4.08. The number of ether oxygens (including phenoxy) is 1. The largest absolute Gasteiger partial charge is 0.495 e. The van der Waals surface area contributed by atoms with E-state index in [2.05, 4.69) is 15.2 Å². The van der Waals surface area contributed by atoms with E-state index in [9.17, 15) is 0 Å². The molecule has 0 aliphatic heterocycles. The number of para-hydroxylation sites is 1. The molecule has 0 aliphatic rings. The number of rotatable bonds is 2. The van der Waals surface area contributed by atoms with E-state index >= 15 is 0 Å². The van der Waals surface area contributed by atoms with Gasteiger partial charge in [-0.25, -0.2) is 4.98 Å². The molecule has 0 saturated carbocycles. The molecule has 3 rings (SSSR count). The molecule has 0 fully saturated rings. The summed E-state index contributed by atoms with van der Waals surface area (Å²) in [4.78, 5) is 4.47. The number of methoxy groups -OCH3 is 1. The van der Waals surface area contributed by atoms with Crippen LogP contribution in [0.4, 0.5) is 5.69 Å². The summed E-state index contributed by atoms with van der Waals surface area (Å²) >= 11 is 0. The monoisotopic (exact) mass is 252 g/mol. The summed E-state index contributed by atoms with van der Waals surface area (Å²) in [6.45, 7) is 0. The summed E-state index contributed by atoms with van der Waals surface area (Å²) in [7, 11) is 1.58. The van der Waals surface area contributed by atoms with Gasteiger partial charge in [-0.1, -0.05) is 12.1 Å². The van der Waals surface area contributed by atoms with Gasteiger partial charge >= 0.3 is 0 Å². The van der Waals surface area contributed by atoms with Gasteiger partial charge in [0, 0.05) is 5.56 Å². The van der Waals surface area contributed by atoms with E-state index in [0.29, 0.717) is 17.3 Å². The second-order valence-electron chi connectivity index (χ2n) is 4.08. The van der Waals surface area contributed by atoms with Crippen molar-refractivity contribution < 1.29 is 4.74 Å². The van der Waals surface area contributed by atoms with Crippen LogP contribution < -0.4 is 10.5 Å². The van der Waals surface area contributed by atoms with Crippen molar-refractivity contribution in [3.8, 4) is 17.1 Å². The van der Waals surface area contributed by atoms with Crippen LogP contribution in [0.15, 0.2) is 42.5 Å². The van der Waals surface area contributed by atoms with E-state index in [0.717, 1.165) is 16.6 Å². The fourth-order valence-corrected chi connectivity index (χ4v) is 1.88. The molecule has 5 heteroatoms. The molecular weight excluding hydrogens is 240 g/mol. The van der Waals surface area contributed by atoms with Crippen molar-refractivity contribution in [2.24, 2.45) is 0 Å². The highest BCUT2D eigenvalue weighted by molar-refractivity contribution is 5.76. The van der Waals surface area contributed by atoms with Gasteiger partial charge in [-0.05, 0) is 30.3 Å². The zero-order chi connectivity index (χ0) is 13.2. The highest BCUT2D eigenvalue weighted by Gasteiger charge is 2.07. The Morgan fingerprint density at radius 1 is 1.00 bits per heavy atom. The highest BCUT2D eigenvalue weighted by Crippen LogP contribution is 2.26. The Labute approximate surface area is 110 Å². The van der Waals surface area contributed by atoms with Crippen LogP contribution in [0.1, 0.15) is 0 Å². The van der Waals surface area contributed by atoms with Crippen LogP contribution in [-0.2, 0) is 0 Å². The zero-order valence-electron chi connectivity index (χ0n) is 10.4. The third-order valence-corrected chi connectivity index (χ3v) is 2.85. The van der Waals surface area contributed by atoms with E-state index < -0.39 is 0 Å². The fraction of sp³-hybridized carbons (Fsp3) is 0.0714. The maximum atomic E-state index is 5.88. The third kappa shape index (κ3) is 2.06. The SMILES string of the molecule is COc1ccc(-c2nnc3ccccc3n2)cc1N. The molecule has 0 radical (unpaired) electrons. The average Bonchev–Trinajstić information content (AvgIpc) is 2.46. The Bertz CT molecular complexity index is 742. The number of hydrogen-bond acceptors (Lipinski definition) is 5. The van der Waals surface area contributed by atoms with Gasteiger partial charge in [0.2, 0.25) is 0 Å². The molecule has 94 valence electrons. The zero-order valence-corrected chi connectivity index (χ0v) is 10.4. The van der Waals surface area contributed by atoms with E-state index in [1.54, 1.807) is 19.2 Å². The summed E-state index contributed by atoms with van der Waals surface area (Å²) in [5.41, 5.74) is 8.83. The van der Waals surface area contributed by atoms with Crippen molar-refractivity contribution in [1.82, 2.24) is 15.2 Å². The first-order valence-electron chi connectivity index (χ1n) is 5.81. The van der Waals surface area contributed by atoms with Crippen molar-refractivity contribution in [2.45, 2.75) is 0 Å². The molecule has 0 bridgehead atoms. The lowest BCUT2D eigenvalue weighted by Crippen LogP contribution is -1.96. The number of anilines is 1. The molecule has 0 unspecified atom stereocenters. The van der Waals surface area contributed by atoms with Gasteiger partial charge in [-0.3, -0.25) is 0 Å². The average molecular weight is 252 g/mol. The summed E-state index contributed by atoms with van der Waals surface area (Å²) in [5.74, 6) is 1.19. The predicted molar refractivity (Wildman–Crippen MR) is 73.7 cm³/mol. The smallest absolute Gasteiger partial charge is 0.182 e. The predicted octanol–water partition coefficient (Wildman–Crippen LogP) is 2.28. The summed E-state index contributed by atoms with van der Waals surface area (Å²) in [6, 6.07) is 13.0. The maximum absolute atomic E-state index is 5.88. The van der Waals surface area contributed by atoms with Crippen LogP contribution in [0.25, 0.3) is 22.4 Å². The van der Waals surface area contributed by atoms with Crippen LogP contribution in [0.3, 0.4) is 0 Å². The van der Waals surface area contributed by atoms with E-state index in [1.165, 1.54) is 0 Å². The number of nitrogens with zero attached hydrogens (tertiary/aromatic N) is 3. The third-order valence-electron chi connectivity index (χ3n) is 2.85. The summed E-state index contributed by atoms with van der Waals surface area (Å²) < 4.78 is 5.12. The highest BCUT2D eigenvalue weighted by atomic mass is 16.5. The quantitative estimate of drug-likeness (QED) is 0.708. The molecule has 19 heavy (non-hydrogen) atoms. The Hall–Kier alpha value is -2.69. The van der Waals surface area contributed by atoms with Gasteiger partial charge in [0.15, 0.2) is 5.82 Å². The Balaban J connectivity index is 2.11. The van der Waals surface area contributed by atoms with Gasteiger partial charge in [-0.2, -0.15) is 0 Å². The molecule has 2 N–H and O–H groups in total. The number of fused-ring (bicyclic) bond motifs is 1. The van der Waals surface area contributed by atoms with Gasteiger partial charge in [0.1, 0.15) is 11.3 Å². The molecule has 1 aromatic heterocycles. The van der Waals surface area contributed by atoms with E-state index in [1.807, 2.05) is 30.3 Å². The van der Waals surface area contributed by atoms with Gasteiger partial charge in [0.05, 0.1) is 18.3 Å². The first kappa shape index (κ1) is 11.4. The first-order chi connectivity index (χ1) is 9.28. The minimum absolute atomic E-state index is 0.549. The lowest BCUT2D eigenvalue weighted by atomic mass is 10.1. The molecule has 5 nitrogen and oxygen atoms in total. The van der Waals surface area contributed by atoms with Crippen molar-refractivity contribution in [1.29, 1.82) is 0 Å². The van der Waals surface area contributed by atoms with Crippen LogP contribution in [0, 0.1) is 0 Å². The fourth-order valence-electron chi connectivity index (χ4n) is 1.88. The number of aromatic nitrogens is 3. The number of hydrogen-bond donors (Lipinski definition) is 1. The number of benzene rings is 2. The molecular formula is C14H12N4O. The molecule has 1 heterocycles. The minimum Gasteiger partial charge on any atom is -0.495 e. The molecule has 2 aromatic carbocycles. The summed E-state index contributed by atoms with van der Waals surface area (Å²) in [6.07, 6.45) is 0. The molecule has 0 saturated heterocycles. The Morgan fingerprint density at radius 2 is 1.79 bits per heavy atom. The molecule has 0 spiro atoms. The lowest BCUT2D eigenvalue weighted by Gasteiger charge is -2.06. The standard InChI is InChI=1S/C14H12N4O/c1-19-13-7-6-9(8-10(13)15)14-16-11-4-2-3-5-12(11)17-18-14/h2-8H,15H2,1H3. The van der Waals surface area contributed by atoms with Crippen molar-refractivity contribution >= 4 is 16.7 Å². The molecule has 3 aromatic rings. The van der Waals surface area contributed by atoms with Crippen LogP contribution in [0.2, 0.25) is 0 Å². The lowest BCUT2D eigenvalue weighted by molar-refractivity contribution is 0.417. The normalized spacial score (nSPS) is 10.6. The van der Waals surface area contributed by atoms with Crippen LogP contribution in [-0.4, -0.2) is 22.3 Å². The number of nitrogen functional groups attached to an aromatic ring is 1. The molecule has 0 amide bonds. The second kappa shape index (κ2) is 4.53. The summed E-state index contributed by atoms with van der Waals surface area (Å²) in [5, 5.41) is 8.26. The topological polar surface area (TPSA) is 73.9 Å². The Morgan fingerprint density at radius 3 is 2.53 bits per heavy atom. The molecule has 0 aliphatic carbocycles. The van der Waals surface area contributed by atoms with Crippen LogP contribution >= 0.6 is 0 Å². The van der Waals surface area contributed by atoms with Crippen LogP contribution in [0.5, 0.6) is 5.75 Å². The minimum atomic E-state index is 0.549. The Kier molecular flexibility index (Phi) is 2.72. The van der Waals surface area contributed by atoms with Gasteiger partial charge < -0.3 is 10.5 Å². The van der Waals surface area contributed by atoms with Crippen molar-refractivity contribution in [3.05, 3.63) is 42.5 Å². The van der Waals surface area contributed by atoms with Crippen molar-refractivity contribution in [2.75, 3.05) is 12.8 Å². The van der Waals surface area contributed by atoms with E-state index in [-0.39, 0.29) is 0 Å². The number of nitrogens with two attached hydrogens (primary N) is 1. The van der Waals surface area contributed by atoms with E-state index in [4.69, 9.17) is 10.5 Å².